The van der Waals surface area contributed by atoms with E-state index in [2.05, 4.69) is 37.3 Å². The Balaban J connectivity index is 1.63. The molecule has 1 saturated carbocycles. The van der Waals surface area contributed by atoms with Crippen molar-refractivity contribution in [3.05, 3.63) is 47.5 Å². The summed E-state index contributed by atoms with van der Waals surface area (Å²) in [6.07, 6.45) is 18.2. The second-order valence-electron chi connectivity index (χ2n) is 7.05. The van der Waals surface area contributed by atoms with Crippen LogP contribution >= 0.6 is 0 Å². The third-order valence-corrected chi connectivity index (χ3v) is 5.20. The highest BCUT2D eigenvalue weighted by atomic mass is 14.2. The lowest BCUT2D eigenvalue weighted by Crippen LogP contribution is -2.13. The topological polar surface area (TPSA) is 23.8 Å². The van der Waals surface area contributed by atoms with E-state index in [9.17, 15) is 0 Å². The van der Waals surface area contributed by atoms with Gasteiger partial charge in [0.25, 0.3) is 0 Å². The number of hydrogen-bond donors (Lipinski definition) is 0. The van der Waals surface area contributed by atoms with Gasteiger partial charge in [-0.2, -0.15) is 5.26 Å². The molecular weight excluding hydrogens is 278 g/mol. The number of unbranched alkanes of at least 4 members (excludes halogenated alkanes) is 3. The van der Waals surface area contributed by atoms with E-state index in [4.69, 9.17) is 5.26 Å². The Morgan fingerprint density at radius 3 is 2.48 bits per heavy atom. The van der Waals surface area contributed by atoms with Crippen LogP contribution in [0.2, 0.25) is 0 Å². The van der Waals surface area contributed by atoms with E-state index in [1.807, 2.05) is 12.1 Å². The van der Waals surface area contributed by atoms with Crippen molar-refractivity contribution in [2.75, 3.05) is 0 Å². The summed E-state index contributed by atoms with van der Waals surface area (Å²) in [5, 5.41) is 8.84. The summed E-state index contributed by atoms with van der Waals surface area (Å²) in [5.74, 6) is 1.73. The standard InChI is InChI=1S/C22H31N/c1-2-3-4-5-6-7-19-8-10-20(11-9-19)12-13-21-14-16-22(18-23)17-15-21/h6-7,14-17,19-20H,2-5,8-13H2,1H3. The maximum absolute atomic E-state index is 8.84. The van der Waals surface area contributed by atoms with Crippen LogP contribution in [0.4, 0.5) is 0 Å². The fraction of sp³-hybridized carbons (Fsp3) is 0.591. The molecule has 0 unspecified atom stereocenters. The molecule has 0 aliphatic heterocycles. The molecule has 0 amide bonds. The first kappa shape index (κ1) is 17.8. The van der Waals surface area contributed by atoms with Crippen LogP contribution in [0.5, 0.6) is 0 Å². The third kappa shape index (κ3) is 6.61. The number of aryl methyl sites for hydroxylation is 1. The van der Waals surface area contributed by atoms with Gasteiger partial charge in [0.1, 0.15) is 0 Å². The van der Waals surface area contributed by atoms with Crippen molar-refractivity contribution in [1.82, 2.24) is 0 Å². The number of allylic oxidation sites excluding steroid dienone is 2. The quantitative estimate of drug-likeness (QED) is 0.401. The molecule has 0 bridgehead atoms. The highest BCUT2D eigenvalue weighted by Gasteiger charge is 2.19. The normalized spacial score (nSPS) is 21.4. The smallest absolute Gasteiger partial charge is 0.0991 e. The Morgan fingerprint density at radius 1 is 1.09 bits per heavy atom. The first-order chi connectivity index (χ1) is 11.3. The molecule has 1 heteroatoms. The van der Waals surface area contributed by atoms with Crippen LogP contribution in [0.25, 0.3) is 0 Å². The minimum atomic E-state index is 0.764. The summed E-state index contributed by atoms with van der Waals surface area (Å²) in [5.41, 5.74) is 2.14. The van der Waals surface area contributed by atoms with Crippen LogP contribution in [0.3, 0.4) is 0 Å². The minimum Gasteiger partial charge on any atom is -0.192 e. The highest BCUT2D eigenvalue weighted by Crippen LogP contribution is 2.32. The lowest BCUT2D eigenvalue weighted by Gasteiger charge is -2.26. The highest BCUT2D eigenvalue weighted by molar-refractivity contribution is 5.31. The third-order valence-electron chi connectivity index (χ3n) is 5.20. The predicted molar refractivity (Wildman–Crippen MR) is 98.2 cm³/mol. The summed E-state index contributed by atoms with van der Waals surface area (Å²) in [6, 6.07) is 10.3. The molecule has 23 heavy (non-hydrogen) atoms. The van der Waals surface area contributed by atoms with Crippen molar-refractivity contribution >= 4 is 0 Å². The van der Waals surface area contributed by atoms with Gasteiger partial charge >= 0.3 is 0 Å². The molecule has 0 N–H and O–H groups in total. The average Bonchev–Trinajstić information content (AvgIpc) is 2.61. The summed E-state index contributed by atoms with van der Waals surface area (Å²) in [7, 11) is 0. The van der Waals surface area contributed by atoms with Crippen LogP contribution < -0.4 is 0 Å². The van der Waals surface area contributed by atoms with Crippen LogP contribution in [-0.2, 0) is 6.42 Å². The molecule has 0 radical (unpaired) electrons. The molecule has 1 fully saturated rings. The minimum absolute atomic E-state index is 0.764. The SMILES string of the molecule is CCCCCC=CC1CCC(CCc2ccc(C#N)cc2)CC1. The van der Waals surface area contributed by atoms with E-state index >= 15 is 0 Å². The largest absolute Gasteiger partial charge is 0.192 e. The molecule has 0 atom stereocenters. The number of hydrogen-bond acceptors (Lipinski definition) is 1. The Bertz CT molecular complexity index is 498. The van der Waals surface area contributed by atoms with Gasteiger partial charge in [-0.15, -0.1) is 0 Å². The van der Waals surface area contributed by atoms with Gasteiger partial charge in [-0.05, 0) is 80.9 Å². The monoisotopic (exact) mass is 309 g/mol. The molecule has 1 aliphatic carbocycles. The molecule has 1 aromatic rings. The summed E-state index contributed by atoms with van der Waals surface area (Å²) in [6.45, 7) is 2.27. The number of benzene rings is 1. The van der Waals surface area contributed by atoms with E-state index in [0.717, 1.165) is 23.8 Å². The second kappa shape index (κ2) is 10.3. The van der Waals surface area contributed by atoms with Gasteiger partial charge in [-0.1, -0.05) is 44.1 Å². The molecule has 2 rings (SSSR count). The van der Waals surface area contributed by atoms with E-state index in [-0.39, 0.29) is 0 Å². The van der Waals surface area contributed by atoms with Gasteiger partial charge in [-0.25, -0.2) is 0 Å². The number of nitriles is 1. The molecule has 0 heterocycles. The average molecular weight is 309 g/mol. The van der Waals surface area contributed by atoms with E-state index < -0.39 is 0 Å². The molecule has 0 saturated heterocycles. The van der Waals surface area contributed by atoms with Crippen molar-refractivity contribution in [2.45, 2.75) is 71.1 Å². The Hall–Kier alpha value is -1.55. The van der Waals surface area contributed by atoms with Crippen LogP contribution in [0, 0.1) is 23.2 Å². The van der Waals surface area contributed by atoms with Crippen LogP contribution in [0.1, 0.15) is 75.8 Å². The van der Waals surface area contributed by atoms with Gasteiger partial charge in [0, 0.05) is 0 Å². The Morgan fingerprint density at radius 2 is 1.83 bits per heavy atom. The van der Waals surface area contributed by atoms with Crippen molar-refractivity contribution in [3.8, 4) is 6.07 Å². The molecular formula is C22H31N. The number of rotatable bonds is 8. The molecule has 124 valence electrons. The zero-order valence-corrected chi connectivity index (χ0v) is 14.6. The van der Waals surface area contributed by atoms with Crippen molar-refractivity contribution in [3.63, 3.8) is 0 Å². The molecule has 1 nitrogen and oxygen atoms in total. The summed E-state index contributed by atoms with van der Waals surface area (Å²) < 4.78 is 0. The van der Waals surface area contributed by atoms with Crippen LogP contribution in [0.15, 0.2) is 36.4 Å². The lowest BCUT2D eigenvalue weighted by atomic mass is 9.79. The summed E-state index contributed by atoms with van der Waals surface area (Å²) >= 11 is 0. The second-order valence-corrected chi connectivity index (χ2v) is 7.05. The summed E-state index contributed by atoms with van der Waals surface area (Å²) in [4.78, 5) is 0. The van der Waals surface area contributed by atoms with Crippen molar-refractivity contribution in [1.29, 1.82) is 5.26 Å². The van der Waals surface area contributed by atoms with Crippen molar-refractivity contribution < 1.29 is 0 Å². The lowest BCUT2D eigenvalue weighted by molar-refractivity contribution is 0.296. The van der Waals surface area contributed by atoms with E-state index in [1.165, 1.54) is 63.4 Å². The Kier molecular flexibility index (Phi) is 7.95. The fourth-order valence-corrected chi connectivity index (χ4v) is 3.59. The maximum atomic E-state index is 8.84. The molecule has 1 aromatic carbocycles. The number of nitrogens with zero attached hydrogens (tertiary/aromatic N) is 1. The van der Waals surface area contributed by atoms with E-state index in [1.54, 1.807) is 0 Å². The van der Waals surface area contributed by atoms with E-state index in [0.29, 0.717) is 0 Å². The van der Waals surface area contributed by atoms with Crippen molar-refractivity contribution in [2.24, 2.45) is 11.8 Å². The van der Waals surface area contributed by atoms with Gasteiger partial charge < -0.3 is 0 Å². The van der Waals surface area contributed by atoms with Gasteiger partial charge in [0.05, 0.1) is 11.6 Å². The first-order valence-corrected chi connectivity index (χ1v) is 9.47. The van der Waals surface area contributed by atoms with Gasteiger partial charge in [0.15, 0.2) is 0 Å². The van der Waals surface area contributed by atoms with Gasteiger partial charge in [-0.3, -0.25) is 0 Å². The molecule has 0 spiro atoms. The maximum Gasteiger partial charge on any atom is 0.0991 e. The van der Waals surface area contributed by atoms with Crippen LogP contribution in [-0.4, -0.2) is 0 Å². The fourth-order valence-electron chi connectivity index (χ4n) is 3.59. The first-order valence-electron chi connectivity index (χ1n) is 9.47. The Labute approximate surface area is 142 Å². The van der Waals surface area contributed by atoms with Gasteiger partial charge in [0.2, 0.25) is 0 Å². The molecule has 1 aliphatic rings. The predicted octanol–water partition coefficient (Wildman–Crippen LogP) is 6.43. The zero-order chi connectivity index (χ0) is 16.3. The molecule has 0 aromatic heterocycles. The zero-order valence-electron chi connectivity index (χ0n) is 14.6.